The topological polar surface area (TPSA) is 66.4 Å². The van der Waals surface area contributed by atoms with Gasteiger partial charge in [-0.3, -0.25) is 0 Å². The first-order valence-electron chi connectivity index (χ1n) is 4.94. The van der Waals surface area contributed by atoms with Crippen LogP contribution in [0.3, 0.4) is 0 Å². The molecule has 0 saturated carbocycles. The molecule has 0 amide bonds. The molecule has 0 spiro atoms. The first-order chi connectivity index (χ1) is 7.48. The summed E-state index contributed by atoms with van der Waals surface area (Å²) >= 11 is 0. The summed E-state index contributed by atoms with van der Waals surface area (Å²) in [5.41, 5.74) is 0.389. The van der Waals surface area contributed by atoms with Crippen LogP contribution in [0.15, 0.2) is 28.0 Å². The highest BCUT2D eigenvalue weighted by atomic mass is 32.2. The zero-order valence-electron chi connectivity index (χ0n) is 9.06. The molecule has 0 aromatic heterocycles. The third-order valence-corrected chi connectivity index (χ3v) is 4.82. The number of sulfone groups is 1. The largest absolute Gasteiger partial charge is 0.507 e. The van der Waals surface area contributed by atoms with Gasteiger partial charge in [-0.15, -0.1) is 0 Å². The van der Waals surface area contributed by atoms with Crippen molar-refractivity contribution < 1.29 is 13.5 Å². The van der Waals surface area contributed by atoms with Crippen LogP contribution in [0.2, 0.25) is 0 Å². The smallest absolute Gasteiger partial charge is 0.205 e. The maximum absolute atomic E-state index is 12.1. The molecule has 86 valence electrons. The van der Waals surface area contributed by atoms with E-state index in [9.17, 15) is 13.5 Å². The van der Waals surface area contributed by atoms with E-state index in [0.717, 1.165) is 0 Å². The molecule has 1 aromatic rings. The fraction of sp³-hybridized carbons (Fsp3) is 0.273. The van der Waals surface area contributed by atoms with Crippen LogP contribution in [0, 0.1) is 0 Å². The molecule has 2 rings (SSSR count). The minimum absolute atomic E-state index is 0.000576. The van der Waals surface area contributed by atoms with Crippen molar-refractivity contribution in [3.63, 3.8) is 0 Å². The van der Waals surface area contributed by atoms with Crippen molar-refractivity contribution in [3.8, 4) is 5.75 Å². The van der Waals surface area contributed by atoms with Crippen molar-refractivity contribution >= 4 is 15.9 Å². The summed E-state index contributed by atoms with van der Waals surface area (Å²) in [4.78, 5) is 0.483. The SMILES string of the molecule is CNC(C)C1=Cc2c(O)cccc2S1(=O)=O. The Morgan fingerprint density at radius 1 is 1.38 bits per heavy atom. The quantitative estimate of drug-likeness (QED) is 0.812. The lowest BCUT2D eigenvalue weighted by Crippen LogP contribution is -2.26. The third kappa shape index (κ3) is 1.44. The minimum atomic E-state index is -3.44. The maximum atomic E-state index is 12.1. The Labute approximate surface area is 94.5 Å². The summed E-state index contributed by atoms with van der Waals surface area (Å²) in [6, 6.07) is 4.26. The Hall–Kier alpha value is -1.33. The van der Waals surface area contributed by atoms with Crippen LogP contribution in [0.5, 0.6) is 5.75 Å². The van der Waals surface area contributed by atoms with Gasteiger partial charge in [-0.1, -0.05) is 6.07 Å². The average Bonchev–Trinajstić information content (AvgIpc) is 2.52. The van der Waals surface area contributed by atoms with Crippen LogP contribution in [-0.4, -0.2) is 26.6 Å². The van der Waals surface area contributed by atoms with Crippen LogP contribution >= 0.6 is 0 Å². The van der Waals surface area contributed by atoms with Gasteiger partial charge in [-0.2, -0.15) is 0 Å². The van der Waals surface area contributed by atoms with Crippen LogP contribution < -0.4 is 5.32 Å². The Kier molecular flexibility index (Phi) is 2.52. The van der Waals surface area contributed by atoms with Gasteiger partial charge in [0.1, 0.15) is 5.75 Å². The number of likely N-dealkylation sites (N-methyl/N-ethyl adjacent to an activating group) is 1. The average molecular weight is 239 g/mol. The number of hydrogen-bond donors (Lipinski definition) is 2. The van der Waals surface area contributed by atoms with Crippen LogP contribution in [0.4, 0.5) is 0 Å². The Morgan fingerprint density at radius 3 is 2.62 bits per heavy atom. The van der Waals surface area contributed by atoms with Gasteiger partial charge in [0.05, 0.1) is 9.80 Å². The van der Waals surface area contributed by atoms with Gasteiger partial charge >= 0.3 is 0 Å². The van der Waals surface area contributed by atoms with E-state index in [-0.39, 0.29) is 16.7 Å². The summed E-state index contributed by atoms with van der Waals surface area (Å²) in [6.07, 6.45) is 1.53. The van der Waals surface area contributed by atoms with Crippen LogP contribution in [0.1, 0.15) is 12.5 Å². The monoisotopic (exact) mass is 239 g/mol. The van der Waals surface area contributed by atoms with E-state index in [1.807, 2.05) is 0 Å². The van der Waals surface area contributed by atoms with Gasteiger partial charge in [0.15, 0.2) is 0 Å². The van der Waals surface area contributed by atoms with Gasteiger partial charge in [-0.25, -0.2) is 8.42 Å². The van der Waals surface area contributed by atoms with Crippen molar-refractivity contribution in [2.75, 3.05) is 7.05 Å². The molecule has 0 bridgehead atoms. The summed E-state index contributed by atoms with van der Waals surface area (Å²) in [5.74, 6) is -0.000576. The molecule has 0 saturated heterocycles. The van der Waals surface area contributed by atoms with Gasteiger partial charge < -0.3 is 10.4 Å². The normalized spacial score (nSPS) is 19.0. The van der Waals surface area contributed by atoms with E-state index < -0.39 is 9.84 Å². The zero-order valence-corrected chi connectivity index (χ0v) is 9.88. The number of phenolic OH excluding ortho intramolecular Hbond substituents is 1. The number of rotatable bonds is 2. The Morgan fingerprint density at radius 2 is 2.06 bits per heavy atom. The molecule has 2 N–H and O–H groups in total. The second-order valence-corrected chi connectivity index (χ2v) is 5.67. The number of nitrogens with one attached hydrogen (secondary N) is 1. The highest BCUT2D eigenvalue weighted by molar-refractivity contribution is 7.96. The molecule has 0 aliphatic carbocycles. The molecule has 4 nitrogen and oxygen atoms in total. The number of fused-ring (bicyclic) bond motifs is 1. The second-order valence-electron chi connectivity index (χ2n) is 3.75. The lowest BCUT2D eigenvalue weighted by molar-refractivity contribution is 0.472. The van der Waals surface area contributed by atoms with E-state index >= 15 is 0 Å². The van der Waals surface area contributed by atoms with Crippen molar-refractivity contribution in [1.29, 1.82) is 0 Å². The molecule has 1 atom stereocenters. The standard InChI is InChI=1S/C11H13NO3S/c1-7(12-2)11-6-8-9(13)4-3-5-10(8)16(11,14)15/h3-7,12-13H,1-2H3. The van der Waals surface area contributed by atoms with Crippen LogP contribution in [0.25, 0.3) is 6.08 Å². The summed E-state index contributed by atoms with van der Waals surface area (Å²) in [6.45, 7) is 1.77. The molecule has 1 unspecified atom stereocenters. The predicted molar refractivity (Wildman–Crippen MR) is 61.8 cm³/mol. The second kappa shape index (κ2) is 3.61. The Bertz CT molecular complexity index is 561. The molecule has 0 fully saturated rings. The van der Waals surface area contributed by atoms with Crippen molar-refractivity contribution in [1.82, 2.24) is 5.32 Å². The molecular formula is C11H13NO3S. The molecule has 1 aromatic carbocycles. The summed E-state index contributed by atoms with van der Waals surface area (Å²) < 4.78 is 24.2. The van der Waals surface area contributed by atoms with Crippen LogP contribution in [-0.2, 0) is 9.84 Å². The fourth-order valence-corrected chi connectivity index (χ4v) is 3.58. The lowest BCUT2D eigenvalue weighted by atomic mass is 10.1. The molecule has 1 aliphatic rings. The van der Waals surface area contributed by atoms with E-state index in [0.29, 0.717) is 10.5 Å². The lowest BCUT2D eigenvalue weighted by Gasteiger charge is -2.11. The fourth-order valence-electron chi connectivity index (χ4n) is 1.76. The number of benzene rings is 1. The van der Waals surface area contributed by atoms with E-state index in [4.69, 9.17) is 0 Å². The molecule has 1 aliphatic heterocycles. The molecule has 0 radical (unpaired) electrons. The van der Waals surface area contributed by atoms with E-state index in [1.54, 1.807) is 14.0 Å². The van der Waals surface area contributed by atoms with Gasteiger partial charge in [0.25, 0.3) is 0 Å². The first-order valence-corrected chi connectivity index (χ1v) is 6.42. The number of aromatic hydroxyl groups is 1. The highest BCUT2D eigenvalue weighted by Crippen LogP contribution is 2.38. The first kappa shape index (κ1) is 11.2. The van der Waals surface area contributed by atoms with Gasteiger partial charge in [0.2, 0.25) is 9.84 Å². The summed E-state index contributed by atoms with van der Waals surface area (Å²) in [5, 5.41) is 12.5. The number of phenols is 1. The molecule has 16 heavy (non-hydrogen) atoms. The molecule has 1 heterocycles. The molecule has 5 heteroatoms. The number of hydrogen-bond acceptors (Lipinski definition) is 4. The summed E-state index contributed by atoms with van der Waals surface area (Å²) in [7, 11) is -1.74. The Balaban J connectivity index is 2.66. The highest BCUT2D eigenvalue weighted by Gasteiger charge is 2.33. The van der Waals surface area contributed by atoms with E-state index in [1.165, 1.54) is 24.3 Å². The van der Waals surface area contributed by atoms with Crippen molar-refractivity contribution in [3.05, 3.63) is 28.7 Å². The maximum Gasteiger partial charge on any atom is 0.205 e. The minimum Gasteiger partial charge on any atom is -0.507 e. The zero-order chi connectivity index (χ0) is 11.9. The predicted octanol–water partition coefficient (Wildman–Crippen LogP) is 1.13. The van der Waals surface area contributed by atoms with Gasteiger partial charge in [-0.05, 0) is 32.2 Å². The third-order valence-electron chi connectivity index (χ3n) is 2.79. The van der Waals surface area contributed by atoms with Crippen molar-refractivity contribution in [2.45, 2.75) is 17.9 Å². The molecular weight excluding hydrogens is 226 g/mol. The van der Waals surface area contributed by atoms with Crippen molar-refractivity contribution in [2.24, 2.45) is 0 Å². The van der Waals surface area contributed by atoms with Gasteiger partial charge in [0, 0.05) is 11.6 Å². The van der Waals surface area contributed by atoms with E-state index in [2.05, 4.69) is 5.32 Å².